The molecule has 0 radical (unpaired) electrons. The molecule has 10 heteroatoms. The first-order valence-electron chi connectivity index (χ1n) is 11.7. The molecule has 36 heavy (non-hydrogen) atoms. The largest absolute Gasteiger partial charge is 0.452 e. The summed E-state index contributed by atoms with van der Waals surface area (Å²) in [5.41, 5.74) is 1.17. The van der Waals surface area contributed by atoms with Crippen molar-refractivity contribution in [1.29, 1.82) is 0 Å². The van der Waals surface area contributed by atoms with E-state index >= 15 is 0 Å². The minimum Gasteiger partial charge on any atom is -0.452 e. The molecule has 2 fully saturated rings. The van der Waals surface area contributed by atoms with Crippen LogP contribution in [0.3, 0.4) is 0 Å². The van der Waals surface area contributed by atoms with Gasteiger partial charge in [-0.1, -0.05) is 50.0 Å². The van der Waals surface area contributed by atoms with E-state index in [-0.39, 0.29) is 43.9 Å². The van der Waals surface area contributed by atoms with Crippen LogP contribution in [-0.4, -0.2) is 44.4 Å². The summed E-state index contributed by atoms with van der Waals surface area (Å²) < 4.78 is 33.5. The first-order chi connectivity index (χ1) is 16.7. The number of amides is 1. The number of rotatable bonds is 6. The summed E-state index contributed by atoms with van der Waals surface area (Å²) >= 11 is 12.3. The van der Waals surface area contributed by atoms with Gasteiger partial charge in [-0.05, 0) is 72.9 Å². The van der Waals surface area contributed by atoms with Crippen molar-refractivity contribution in [3.63, 3.8) is 0 Å². The third-order valence-corrected chi connectivity index (χ3v) is 9.07. The highest BCUT2D eigenvalue weighted by molar-refractivity contribution is 7.92. The number of ether oxygens (including phenoxy) is 1. The van der Waals surface area contributed by atoms with Crippen LogP contribution in [0.1, 0.15) is 56.0 Å². The molecule has 1 saturated carbocycles. The average Bonchev–Trinajstić information content (AvgIpc) is 3.03. The first kappa shape index (κ1) is 26.8. The lowest BCUT2D eigenvalue weighted by molar-refractivity contribution is -0.135. The number of halogens is 2. The Morgan fingerprint density at radius 1 is 1.08 bits per heavy atom. The number of fused-ring (bicyclic) bond motifs is 2. The molecule has 2 bridgehead atoms. The predicted octanol–water partition coefficient (Wildman–Crippen LogP) is 5.69. The first-order valence-corrected chi connectivity index (χ1v) is 14.0. The third kappa shape index (κ3) is 5.66. The summed E-state index contributed by atoms with van der Waals surface area (Å²) in [7, 11) is -4.04. The number of nitrogens with zero attached hydrogens (tertiary/aromatic N) is 1. The lowest BCUT2D eigenvalue weighted by Crippen LogP contribution is -2.39. The van der Waals surface area contributed by atoms with Gasteiger partial charge >= 0.3 is 5.97 Å². The van der Waals surface area contributed by atoms with E-state index in [9.17, 15) is 18.0 Å². The van der Waals surface area contributed by atoms with Gasteiger partial charge in [0.2, 0.25) is 0 Å². The Hall–Kier alpha value is -2.29. The fraction of sp³-hybridized carbons (Fsp3) is 0.462. The molecule has 1 aliphatic heterocycles. The lowest BCUT2D eigenvalue weighted by atomic mass is 9.65. The molecule has 7 nitrogen and oxygen atoms in total. The third-order valence-electron chi connectivity index (χ3n) is 6.95. The molecular weight excluding hydrogens is 523 g/mol. The van der Waals surface area contributed by atoms with E-state index in [1.807, 2.05) is 4.90 Å². The molecule has 4 rings (SSSR count). The summed E-state index contributed by atoms with van der Waals surface area (Å²) in [6, 6.07) is 8.64. The minimum atomic E-state index is -4.04. The number of anilines is 1. The number of benzene rings is 2. The summed E-state index contributed by atoms with van der Waals surface area (Å²) in [5.74, 6) is -1.12. The normalized spacial score (nSPS) is 22.8. The van der Waals surface area contributed by atoms with Crippen molar-refractivity contribution in [2.45, 2.75) is 57.9 Å². The number of aryl methyl sites for hydroxylation is 1. The molecule has 2 aromatic carbocycles. The Bertz CT molecular complexity index is 1330. The maximum Gasteiger partial charge on any atom is 0.340 e. The van der Waals surface area contributed by atoms with Crippen molar-refractivity contribution in [1.82, 2.24) is 4.90 Å². The number of hydrogen-bond acceptors (Lipinski definition) is 5. The van der Waals surface area contributed by atoms with Crippen molar-refractivity contribution in [2.24, 2.45) is 10.8 Å². The molecule has 1 N–H and O–H groups in total. The molecule has 2 aliphatic rings. The fourth-order valence-corrected chi connectivity index (χ4v) is 7.19. The van der Waals surface area contributed by atoms with E-state index in [2.05, 4.69) is 25.5 Å². The van der Waals surface area contributed by atoms with Crippen LogP contribution in [0.5, 0.6) is 0 Å². The van der Waals surface area contributed by atoms with Gasteiger partial charge in [0, 0.05) is 17.6 Å². The smallest absolute Gasteiger partial charge is 0.340 e. The molecule has 2 unspecified atom stereocenters. The van der Waals surface area contributed by atoms with Crippen LogP contribution in [0.4, 0.5) is 5.69 Å². The fourth-order valence-electron chi connectivity index (χ4n) is 5.74. The summed E-state index contributed by atoms with van der Waals surface area (Å²) in [5, 5.41) is 0.441. The van der Waals surface area contributed by atoms with Crippen LogP contribution in [0, 0.1) is 17.8 Å². The van der Waals surface area contributed by atoms with Gasteiger partial charge in [0.25, 0.3) is 15.9 Å². The molecule has 2 atom stereocenters. The Kier molecular flexibility index (Phi) is 7.09. The molecular formula is C26H30Cl2N2O5S. The van der Waals surface area contributed by atoms with Crippen LogP contribution < -0.4 is 4.72 Å². The molecule has 2 aromatic rings. The molecule has 1 saturated heterocycles. The van der Waals surface area contributed by atoms with Gasteiger partial charge < -0.3 is 9.64 Å². The van der Waals surface area contributed by atoms with Crippen LogP contribution in [0.25, 0.3) is 0 Å². The molecule has 1 heterocycles. The van der Waals surface area contributed by atoms with Crippen molar-refractivity contribution in [3.8, 4) is 0 Å². The number of hydrogen-bond donors (Lipinski definition) is 1. The summed E-state index contributed by atoms with van der Waals surface area (Å²) in [6.07, 6.45) is 2.90. The zero-order chi connectivity index (χ0) is 26.5. The zero-order valence-corrected chi connectivity index (χ0v) is 23.1. The second kappa shape index (κ2) is 9.54. The van der Waals surface area contributed by atoms with Gasteiger partial charge in [0.15, 0.2) is 6.61 Å². The van der Waals surface area contributed by atoms with Gasteiger partial charge in [0.05, 0.1) is 21.2 Å². The van der Waals surface area contributed by atoms with Crippen molar-refractivity contribution < 1.29 is 22.7 Å². The van der Waals surface area contributed by atoms with Crippen LogP contribution in [0.15, 0.2) is 41.3 Å². The van der Waals surface area contributed by atoms with Crippen LogP contribution >= 0.6 is 23.2 Å². The van der Waals surface area contributed by atoms with Gasteiger partial charge in [-0.15, -0.1) is 0 Å². The van der Waals surface area contributed by atoms with Gasteiger partial charge in [-0.25, -0.2) is 13.2 Å². The monoisotopic (exact) mass is 552 g/mol. The molecule has 0 aromatic heterocycles. The second-order valence-electron chi connectivity index (χ2n) is 11.0. The van der Waals surface area contributed by atoms with Crippen molar-refractivity contribution in [3.05, 3.63) is 57.6 Å². The average molecular weight is 554 g/mol. The summed E-state index contributed by atoms with van der Waals surface area (Å²) in [6.45, 7) is 8.65. The number of sulfonamides is 1. The highest BCUT2D eigenvalue weighted by Crippen LogP contribution is 2.52. The Morgan fingerprint density at radius 2 is 1.81 bits per heavy atom. The summed E-state index contributed by atoms with van der Waals surface area (Å²) in [4.78, 5) is 27.4. The highest BCUT2D eigenvalue weighted by Gasteiger charge is 2.51. The SMILES string of the molecule is Cc1ccc(NS(=O)(=O)c2ccc(Cl)c(C(=O)OCC(=O)N3CC4(C)CC3CC(C)(C)C4)c2)cc1Cl. The van der Waals surface area contributed by atoms with Crippen LogP contribution in [-0.2, 0) is 19.6 Å². The maximum absolute atomic E-state index is 12.9. The Balaban J connectivity index is 1.45. The minimum absolute atomic E-state index is 0.0241. The van der Waals surface area contributed by atoms with Crippen molar-refractivity contribution >= 4 is 50.8 Å². The number of esters is 1. The van der Waals surface area contributed by atoms with E-state index in [1.165, 1.54) is 18.2 Å². The van der Waals surface area contributed by atoms with E-state index in [0.29, 0.717) is 11.6 Å². The lowest BCUT2D eigenvalue weighted by Gasteiger charge is -2.39. The number of carbonyl (C=O) groups excluding carboxylic acids is 2. The zero-order valence-electron chi connectivity index (χ0n) is 20.7. The topological polar surface area (TPSA) is 92.8 Å². The van der Waals surface area contributed by atoms with E-state index in [0.717, 1.165) is 30.9 Å². The van der Waals surface area contributed by atoms with E-state index in [4.69, 9.17) is 27.9 Å². The highest BCUT2D eigenvalue weighted by atomic mass is 35.5. The Morgan fingerprint density at radius 3 is 2.50 bits per heavy atom. The second-order valence-corrected chi connectivity index (χ2v) is 13.5. The number of carbonyl (C=O) groups is 2. The van der Waals surface area contributed by atoms with Crippen LogP contribution in [0.2, 0.25) is 10.0 Å². The van der Waals surface area contributed by atoms with E-state index < -0.39 is 22.6 Å². The quantitative estimate of drug-likeness (QED) is 0.465. The molecule has 0 spiro atoms. The maximum atomic E-state index is 12.9. The molecule has 1 amide bonds. The number of nitrogens with one attached hydrogen (secondary N) is 1. The van der Waals surface area contributed by atoms with Gasteiger partial charge in [0.1, 0.15) is 0 Å². The molecule has 194 valence electrons. The standard InChI is InChI=1S/C26H30Cl2N2O5S/c1-16-5-6-17(9-22(16)28)29-36(33,34)19-7-8-21(27)20(10-19)24(32)35-13-23(31)30-15-26(4)12-18(30)11-25(2,3)14-26/h5-10,18,29H,11-15H2,1-4H3. The van der Waals surface area contributed by atoms with Gasteiger partial charge in [-0.3, -0.25) is 9.52 Å². The van der Waals surface area contributed by atoms with Gasteiger partial charge in [-0.2, -0.15) is 0 Å². The Labute approximate surface area is 222 Å². The molecule has 1 aliphatic carbocycles. The number of likely N-dealkylation sites (tertiary alicyclic amines) is 1. The predicted molar refractivity (Wildman–Crippen MR) is 140 cm³/mol. The van der Waals surface area contributed by atoms with E-state index in [1.54, 1.807) is 19.1 Å². The van der Waals surface area contributed by atoms with Crippen molar-refractivity contribution in [2.75, 3.05) is 17.9 Å².